The summed E-state index contributed by atoms with van der Waals surface area (Å²) in [6, 6.07) is 8.90. The third-order valence-corrected chi connectivity index (χ3v) is 4.27. The normalized spacial score (nSPS) is 19.4. The van der Waals surface area contributed by atoms with Crippen molar-refractivity contribution in [3.63, 3.8) is 0 Å². The van der Waals surface area contributed by atoms with E-state index in [2.05, 4.69) is 10.3 Å². The molecule has 0 spiro atoms. The van der Waals surface area contributed by atoms with Crippen LogP contribution in [0.5, 0.6) is 5.88 Å². The van der Waals surface area contributed by atoms with Crippen LogP contribution in [0, 0.1) is 5.92 Å². The molecule has 0 saturated heterocycles. The van der Waals surface area contributed by atoms with Gasteiger partial charge < -0.3 is 10.1 Å². The average Bonchev–Trinajstić information content (AvgIpc) is 3.40. The van der Waals surface area contributed by atoms with Gasteiger partial charge in [0.2, 0.25) is 11.8 Å². The van der Waals surface area contributed by atoms with Gasteiger partial charge in [-0.15, -0.1) is 0 Å². The van der Waals surface area contributed by atoms with Crippen molar-refractivity contribution in [2.75, 3.05) is 7.11 Å². The number of aromatic nitrogens is 1. The van der Waals surface area contributed by atoms with Crippen LogP contribution in [0.4, 0.5) is 13.2 Å². The van der Waals surface area contributed by atoms with Crippen molar-refractivity contribution < 1.29 is 22.7 Å². The van der Waals surface area contributed by atoms with Crippen molar-refractivity contribution >= 4 is 5.91 Å². The van der Waals surface area contributed by atoms with Crippen LogP contribution in [0.15, 0.2) is 42.6 Å². The van der Waals surface area contributed by atoms with E-state index in [1.54, 1.807) is 24.4 Å². The predicted molar refractivity (Wildman–Crippen MR) is 84.9 cm³/mol. The molecular weight excluding hydrogens is 333 g/mol. The van der Waals surface area contributed by atoms with E-state index in [-0.39, 0.29) is 23.9 Å². The first-order chi connectivity index (χ1) is 11.9. The van der Waals surface area contributed by atoms with Gasteiger partial charge in [-0.05, 0) is 29.5 Å². The molecule has 0 radical (unpaired) electrons. The van der Waals surface area contributed by atoms with Gasteiger partial charge >= 0.3 is 6.18 Å². The van der Waals surface area contributed by atoms with Crippen molar-refractivity contribution in [3.05, 3.63) is 59.3 Å². The van der Waals surface area contributed by atoms with E-state index in [0.717, 1.165) is 11.6 Å². The zero-order chi connectivity index (χ0) is 18.0. The summed E-state index contributed by atoms with van der Waals surface area (Å²) >= 11 is 0. The van der Waals surface area contributed by atoms with Crippen molar-refractivity contribution in [1.82, 2.24) is 10.3 Å². The molecule has 7 heteroatoms. The van der Waals surface area contributed by atoms with Crippen molar-refractivity contribution in [2.24, 2.45) is 5.92 Å². The molecule has 2 atom stereocenters. The average molecular weight is 350 g/mol. The van der Waals surface area contributed by atoms with Gasteiger partial charge in [0, 0.05) is 24.7 Å². The highest BCUT2D eigenvalue weighted by Crippen LogP contribution is 2.51. The SMILES string of the molecule is COc1ccc(CNC(=O)C2CC2c2ccccc2C(F)(F)F)cn1. The molecule has 1 N–H and O–H groups in total. The Morgan fingerprint density at radius 3 is 2.68 bits per heavy atom. The fourth-order valence-corrected chi connectivity index (χ4v) is 2.86. The Morgan fingerprint density at radius 1 is 1.28 bits per heavy atom. The summed E-state index contributed by atoms with van der Waals surface area (Å²) in [5.41, 5.74) is 0.331. The number of hydrogen-bond acceptors (Lipinski definition) is 3. The van der Waals surface area contributed by atoms with Crippen molar-refractivity contribution in [3.8, 4) is 5.88 Å². The fraction of sp³-hybridized carbons (Fsp3) is 0.333. The number of nitrogens with one attached hydrogen (secondary N) is 1. The molecule has 3 rings (SSSR count). The molecule has 25 heavy (non-hydrogen) atoms. The second-order valence-electron chi connectivity index (χ2n) is 5.96. The minimum absolute atomic E-state index is 0.196. The highest BCUT2D eigenvalue weighted by atomic mass is 19.4. The molecule has 132 valence electrons. The van der Waals surface area contributed by atoms with Gasteiger partial charge in [-0.1, -0.05) is 24.3 Å². The minimum atomic E-state index is -4.41. The van der Waals surface area contributed by atoms with Gasteiger partial charge in [-0.3, -0.25) is 4.79 Å². The minimum Gasteiger partial charge on any atom is -0.481 e. The van der Waals surface area contributed by atoms with E-state index in [1.165, 1.54) is 19.2 Å². The molecule has 4 nitrogen and oxygen atoms in total. The Labute approximate surface area is 143 Å². The maximum Gasteiger partial charge on any atom is 0.416 e. The molecule has 1 fully saturated rings. The zero-order valence-corrected chi connectivity index (χ0v) is 13.5. The van der Waals surface area contributed by atoms with Crippen LogP contribution in [0.25, 0.3) is 0 Å². The number of amides is 1. The molecule has 1 aromatic carbocycles. The van der Waals surface area contributed by atoms with Crippen LogP contribution in [-0.2, 0) is 17.5 Å². The Kier molecular flexibility index (Phi) is 4.65. The number of carbonyl (C=O) groups is 1. The highest BCUT2D eigenvalue weighted by Gasteiger charge is 2.47. The lowest BCUT2D eigenvalue weighted by molar-refractivity contribution is -0.138. The van der Waals surface area contributed by atoms with E-state index in [4.69, 9.17) is 4.74 Å². The topological polar surface area (TPSA) is 51.2 Å². The quantitative estimate of drug-likeness (QED) is 0.898. The molecule has 1 aromatic heterocycles. The smallest absolute Gasteiger partial charge is 0.416 e. The Hall–Kier alpha value is -2.57. The van der Waals surface area contributed by atoms with E-state index in [0.29, 0.717) is 12.3 Å². The van der Waals surface area contributed by atoms with E-state index in [9.17, 15) is 18.0 Å². The molecule has 2 aromatic rings. The van der Waals surface area contributed by atoms with Gasteiger partial charge in [0.25, 0.3) is 0 Å². The van der Waals surface area contributed by atoms with Crippen molar-refractivity contribution in [2.45, 2.75) is 25.1 Å². The molecule has 1 saturated carbocycles. The summed E-state index contributed by atoms with van der Waals surface area (Å²) in [5.74, 6) is -0.569. The number of rotatable bonds is 5. The number of nitrogens with zero attached hydrogens (tertiary/aromatic N) is 1. The maximum atomic E-state index is 13.1. The number of ether oxygens (including phenoxy) is 1. The maximum absolute atomic E-state index is 13.1. The third kappa shape index (κ3) is 3.92. The van der Waals surface area contributed by atoms with Crippen molar-refractivity contribution in [1.29, 1.82) is 0 Å². The third-order valence-electron chi connectivity index (χ3n) is 4.27. The lowest BCUT2D eigenvalue weighted by Crippen LogP contribution is -2.25. The second-order valence-corrected chi connectivity index (χ2v) is 5.96. The monoisotopic (exact) mass is 350 g/mol. The van der Waals surface area contributed by atoms with Crippen LogP contribution >= 0.6 is 0 Å². The first kappa shape index (κ1) is 17.3. The molecule has 1 aliphatic rings. The Balaban J connectivity index is 1.61. The molecule has 1 heterocycles. The summed E-state index contributed by atoms with van der Waals surface area (Å²) in [7, 11) is 1.51. The largest absolute Gasteiger partial charge is 0.481 e. The summed E-state index contributed by atoms with van der Waals surface area (Å²) in [5, 5.41) is 2.76. The molecule has 0 aliphatic heterocycles. The number of hydrogen-bond donors (Lipinski definition) is 1. The van der Waals surface area contributed by atoms with Crippen LogP contribution in [0.1, 0.15) is 29.0 Å². The molecule has 2 unspecified atom stereocenters. The van der Waals surface area contributed by atoms with E-state index in [1.807, 2.05) is 0 Å². The van der Waals surface area contributed by atoms with Gasteiger partial charge in [-0.25, -0.2) is 4.98 Å². The first-order valence-electron chi connectivity index (χ1n) is 7.83. The summed E-state index contributed by atoms with van der Waals surface area (Å²) < 4.78 is 44.2. The number of methoxy groups -OCH3 is 1. The molecule has 1 aliphatic carbocycles. The van der Waals surface area contributed by atoms with E-state index >= 15 is 0 Å². The number of alkyl halides is 3. The number of pyridine rings is 1. The second kappa shape index (κ2) is 6.74. The number of carbonyl (C=O) groups excluding carboxylic acids is 1. The van der Waals surface area contributed by atoms with Crippen LogP contribution in [0.3, 0.4) is 0 Å². The Morgan fingerprint density at radius 2 is 2.04 bits per heavy atom. The fourth-order valence-electron chi connectivity index (χ4n) is 2.86. The Bertz CT molecular complexity index is 760. The van der Waals surface area contributed by atoms with Gasteiger partial charge in [0.15, 0.2) is 0 Å². The molecule has 0 bridgehead atoms. The zero-order valence-electron chi connectivity index (χ0n) is 13.5. The summed E-state index contributed by atoms with van der Waals surface area (Å²) in [6.45, 7) is 0.278. The summed E-state index contributed by atoms with van der Waals surface area (Å²) in [4.78, 5) is 16.2. The van der Waals surface area contributed by atoms with Crippen LogP contribution in [-0.4, -0.2) is 18.0 Å². The number of halogens is 3. The lowest BCUT2D eigenvalue weighted by Gasteiger charge is -2.12. The van der Waals surface area contributed by atoms with Gasteiger partial charge in [-0.2, -0.15) is 13.2 Å². The standard InChI is InChI=1S/C18H17F3N2O2/c1-25-16-7-6-11(9-22-16)10-23-17(24)14-8-13(14)12-4-2-3-5-15(12)18(19,20)21/h2-7,9,13-14H,8,10H2,1H3,(H,23,24). The van der Waals surface area contributed by atoms with Crippen LogP contribution in [0.2, 0.25) is 0 Å². The van der Waals surface area contributed by atoms with Gasteiger partial charge in [0.05, 0.1) is 12.7 Å². The number of benzene rings is 1. The lowest BCUT2D eigenvalue weighted by atomic mass is 10.0. The van der Waals surface area contributed by atoms with E-state index < -0.39 is 17.7 Å². The molecular formula is C18H17F3N2O2. The first-order valence-corrected chi connectivity index (χ1v) is 7.83. The predicted octanol–water partition coefficient (Wildman–Crippen LogP) is 3.53. The summed E-state index contributed by atoms with van der Waals surface area (Å²) in [6.07, 6.45) is -2.39. The van der Waals surface area contributed by atoms with Gasteiger partial charge in [0.1, 0.15) is 0 Å². The highest BCUT2D eigenvalue weighted by molar-refractivity contribution is 5.83. The molecule has 1 amide bonds. The van der Waals surface area contributed by atoms with Crippen LogP contribution < -0.4 is 10.1 Å².